The van der Waals surface area contributed by atoms with Crippen molar-refractivity contribution in [3.63, 3.8) is 0 Å². The zero-order valence-corrected chi connectivity index (χ0v) is 14.5. The summed E-state index contributed by atoms with van der Waals surface area (Å²) in [6.45, 7) is 3.29. The lowest BCUT2D eigenvalue weighted by Crippen LogP contribution is -2.33. The molecule has 0 saturated heterocycles. The summed E-state index contributed by atoms with van der Waals surface area (Å²) in [4.78, 5) is 35.4. The molecule has 0 aliphatic rings. The summed E-state index contributed by atoms with van der Waals surface area (Å²) in [6.07, 6.45) is 0. The second kappa shape index (κ2) is 8.75. The van der Waals surface area contributed by atoms with Gasteiger partial charge in [0, 0.05) is 17.3 Å². The standard InChI is InChI=1S/C19H20FN3O3/c1-12(2)18(25)23-14-9-7-13(8-10-14)22-17(24)11-21-19(26)15-5-3-4-6-16(15)20/h3-10,12H,11H2,1-2H3,(H,21,26)(H,22,24)(H,23,25). The highest BCUT2D eigenvalue weighted by Gasteiger charge is 2.12. The fraction of sp³-hybridized carbons (Fsp3) is 0.211. The van der Waals surface area contributed by atoms with Crippen molar-refractivity contribution in [1.82, 2.24) is 5.32 Å². The second-order valence-electron chi connectivity index (χ2n) is 5.93. The van der Waals surface area contributed by atoms with E-state index in [4.69, 9.17) is 0 Å². The van der Waals surface area contributed by atoms with Gasteiger partial charge < -0.3 is 16.0 Å². The van der Waals surface area contributed by atoms with Crippen LogP contribution in [0.15, 0.2) is 48.5 Å². The van der Waals surface area contributed by atoms with Crippen molar-refractivity contribution < 1.29 is 18.8 Å². The molecule has 0 saturated carbocycles. The molecule has 3 N–H and O–H groups in total. The van der Waals surface area contributed by atoms with Gasteiger partial charge in [-0.3, -0.25) is 14.4 Å². The number of hydrogen-bond acceptors (Lipinski definition) is 3. The Morgan fingerprint density at radius 1 is 0.923 bits per heavy atom. The van der Waals surface area contributed by atoms with Crippen LogP contribution in [0.1, 0.15) is 24.2 Å². The molecule has 0 atom stereocenters. The van der Waals surface area contributed by atoms with Crippen LogP contribution in [0, 0.1) is 11.7 Å². The van der Waals surface area contributed by atoms with Crippen molar-refractivity contribution in [1.29, 1.82) is 0 Å². The van der Waals surface area contributed by atoms with Crippen LogP contribution in [0.5, 0.6) is 0 Å². The quantitative estimate of drug-likeness (QED) is 0.743. The van der Waals surface area contributed by atoms with E-state index in [2.05, 4.69) is 16.0 Å². The van der Waals surface area contributed by atoms with Crippen LogP contribution >= 0.6 is 0 Å². The molecule has 0 heterocycles. The third kappa shape index (κ3) is 5.41. The van der Waals surface area contributed by atoms with Crippen molar-refractivity contribution in [3.05, 3.63) is 59.9 Å². The van der Waals surface area contributed by atoms with Crippen LogP contribution in [-0.2, 0) is 9.59 Å². The maximum atomic E-state index is 13.5. The van der Waals surface area contributed by atoms with Crippen LogP contribution in [0.25, 0.3) is 0 Å². The van der Waals surface area contributed by atoms with Gasteiger partial charge in [0.2, 0.25) is 11.8 Å². The van der Waals surface area contributed by atoms with Gasteiger partial charge in [-0.15, -0.1) is 0 Å². The lowest BCUT2D eigenvalue weighted by Gasteiger charge is -2.10. The first-order valence-electron chi connectivity index (χ1n) is 8.10. The Morgan fingerprint density at radius 2 is 1.50 bits per heavy atom. The molecule has 0 fully saturated rings. The first kappa shape index (κ1) is 19.1. The number of carbonyl (C=O) groups is 3. The molecule has 0 unspecified atom stereocenters. The van der Waals surface area contributed by atoms with E-state index >= 15 is 0 Å². The van der Waals surface area contributed by atoms with E-state index in [0.717, 1.165) is 0 Å². The molecule has 0 bridgehead atoms. The van der Waals surface area contributed by atoms with E-state index < -0.39 is 17.6 Å². The van der Waals surface area contributed by atoms with Crippen LogP contribution in [0.3, 0.4) is 0 Å². The molecule has 2 rings (SSSR count). The highest BCUT2D eigenvalue weighted by molar-refractivity contribution is 5.99. The van der Waals surface area contributed by atoms with E-state index in [1.165, 1.54) is 24.3 Å². The molecule has 7 heteroatoms. The average Bonchev–Trinajstić information content (AvgIpc) is 2.61. The zero-order valence-electron chi connectivity index (χ0n) is 14.5. The fourth-order valence-corrected chi connectivity index (χ4v) is 2.03. The second-order valence-corrected chi connectivity index (χ2v) is 5.93. The summed E-state index contributed by atoms with van der Waals surface area (Å²) in [5.74, 6) is -1.99. The monoisotopic (exact) mass is 357 g/mol. The number of nitrogens with one attached hydrogen (secondary N) is 3. The molecule has 0 radical (unpaired) electrons. The fourth-order valence-electron chi connectivity index (χ4n) is 2.03. The predicted molar refractivity (Wildman–Crippen MR) is 97.3 cm³/mol. The Hall–Kier alpha value is -3.22. The molecule has 6 nitrogen and oxygen atoms in total. The largest absolute Gasteiger partial charge is 0.343 e. The number of benzene rings is 2. The van der Waals surface area contributed by atoms with E-state index in [-0.39, 0.29) is 23.9 Å². The maximum Gasteiger partial charge on any atom is 0.254 e. The van der Waals surface area contributed by atoms with Gasteiger partial charge in [0.1, 0.15) is 5.82 Å². The molecular formula is C19H20FN3O3. The van der Waals surface area contributed by atoms with Crippen LogP contribution in [-0.4, -0.2) is 24.3 Å². The minimum Gasteiger partial charge on any atom is -0.343 e. The van der Waals surface area contributed by atoms with Gasteiger partial charge in [0.15, 0.2) is 0 Å². The van der Waals surface area contributed by atoms with Gasteiger partial charge in [-0.1, -0.05) is 26.0 Å². The number of halogens is 1. The number of amides is 3. The van der Waals surface area contributed by atoms with E-state index in [1.54, 1.807) is 38.1 Å². The van der Waals surface area contributed by atoms with E-state index in [1.807, 2.05) is 0 Å². The highest BCUT2D eigenvalue weighted by atomic mass is 19.1. The number of hydrogen-bond donors (Lipinski definition) is 3. The summed E-state index contributed by atoms with van der Waals surface area (Å²) >= 11 is 0. The minimum absolute atomic E-state index is 0.0994. The third-order valence-corrected chi connectivity index (χ3v) is 3.49. The molecule has 2 aromatic rings. The van der Waals surface area contributed by atoms with Crippen molar-refractivity contribution in [3.8, 4) is 0 Å². The van der Waals surface area contributed by atoms with Crippen LogP contribution in [0.4, 0.5) is 15.8 Å². The van der Waals surface area contributed by atoms with Gasteiger partial charge in [-0.05, 0) is 36.4 Å². The molecule has 3 amide bonds. The van der Waals surface area contributed by atoms with Gasteiger partial charge in [0.05, 0.1) is 12.1 Å². The Balaban J connectivity index is 1.85. The first-order valence-corrected chi connectivity index (χ1v) is 8.10. The number of rotatable bonds is 6. The normalized spacial score (nSPS) is 10.3. The lowest BCUT2D eigenvalue weighted by atomic mass is 10.2. The number of anilines is 2. The van der Waals surface area contributed by atoms with Crippen molar-refractivity contribution in [2.75, 3.05) is 17.2 Å². The molecule has 0 aliphatic heterocycles. The Bertz CT molecular complexity index is 804. The summed E-state index contributed by atoms with van der Waals surface area (Å²) < 4.78 is 13.5. The van der Waals surface area contributed by atoms with Gasteiger partial charge in [0.25, 0.3) is 5.91 Å². The first-order chi connectivity index (χ1) is 12.4. The van der Waals surface area contributed by atoms with Gasteiger partial charge in [-0.2, -0.15) is 0 Å². The maximum absolute atomic E-state index is 13.5. The van der Waals surface area contributed by atoms with Gasteiger partial charge in [-0.25, -0.2) is 4.39 Å². The topological polar surface area (TPSA) is 87.3 Å². The summed E-state index contributed by atoms with van der Waals surface area (Å²) in [5.41, 5.74) is 1.01. The van der Waals surface area contributed by atoms with E-state index in [9.17, 15) is 18.8 Å². The lowest BCUT2D eigenvalue weighted by molar-refractivity contribution is -0.119. The zero-order chi connectivity index (χ0) is 19.1. The van der Waals surface area contributed by atoms with Crippen molar-refractivity contribution in [2.45, 2.75) is 13.8 Å². The molecule has 2 aromatic carbocycles. The van der Waals surface area contributed by atoms with E-state index in [0.29, 0.717) is 11.4 Å². The van der Waals surface area contributed by atoms with Crippen molar-refractivity contribution >= 4 is 29.1 Å². The smallest absolute Gasteiger partial charge is 0.254 e. The van der Waals surface area contributed by atoms with Crippen LogP contribution < -0.4 is 16.0 Å². The number of carbonyl (C=O) groups excluding carboxylic acids is 3. The third-order valence-electron chi connectivity index (χ3n) is 3.49. The van der Waals surface area contributed by atoms with Crippen molar-refractivity contribution in [2.24, 2.45) is 5.92 Å². The Kier molecular flexibility index (Phi) is 6.43. The Morgan fingerprint density at radius 3 is 2.08 bits per heavy atom. The SMILES string of the molecule is CC(C)C(=O)Nc1ccc(NC(=O)CNC(=O)c2ccccc2F)cc1. The van der Waals surface area contributed by atoms with Crippen LogP contribution in [0.2, 0.25) is 0 Å². The Labute approximate surface area is 150 Å². The average molecular weight is 357 g/mol. The predicted octanol–water partition coefficient (Wildman–Crippen LogP) is 2.79. The minimum atomic E-state index is -0.662. The molecule has 0 aromatic heterocycles. The molecule has 26 heavy (non-hydrogen) atoms. The summed E-state index contributed by atoms with van der Waals surface area (Å²) in [5, 5.41) is 7.71. The highest BCUT2D eigenvalue weighted by Crippen LogP contribution is 2.14. The summed E-state index contributed by atoms with van der Waals surface area (Å²) in [7, 11) is 0. The molecule has 0 spiro atoms. The molecule has 0 aliphatic carbocycles. The molecular weight excluding hydrogens is 337 g/mol. The van der Waals surface area contributed by atoms with Gasteiger partial charge >= 0.3 is 0 Å². The summed E-state index contributed by atoms with van der Waals surface area (Å²) in [6, 6.07) is 12.1. The molecule has 136 valence electrons.